The predicted molar refractivity (Wildman–Crippen MR) is 104 cm³/mol. The minimum Gasteiger partial charge on any atom is -0.457 e. The Kier molecular flexibility index (Phi) is 6.20. The molecule has 3 nitrogen and oxygen atoms in total. The van der Waals surface area contributed by atoms with E-state index in [1.165, 1.54) is 12.1 Å². The zero-order chi connectivity index (χ0) is 20.7. The maximum Gasteiger partial charge on any atom is 0.416 e. The number of ether oxygens (including phenoxy) is 1. The Labute approximate surface area is 166 Å². The van der Waals surface area contributed by atoms with E-state index in [0.29, 0.717) is 17.1 Å². The first-order valence-corrected chi connectivity index (χ1v) is 8.70. The van der Waals surface area contributed by atoms with Gasteiger partial charge < -0.3 is 10.1 Å². The maximum absolute atomic E-state index is 12.7. The van der Waals surface area contributed by atoms with Crippen LogP contribution < -0.4 is 10.1 Å². The molecule has 3 aromatic rings. The molecule has 1 amide bonds. The molecule has 1 N–H and O–H groups in total. The lowest BCUT2D eigenvalue weighted by Crippen LogP contribution is -2.24. The zero-order valence-corrected chi connectivity index (χ0v) is 15.2. The van der Waals surface area contributed by atoms with Crippen molar-refractivity contribution in [3.8, 4) is 23.3 Å². The number of rotatable bonds is 4. The summed E-state index contributed by atoms with van der Waals surface area (Å²) in [6.07, 6.45) is -4.42. The molecular weight excluding hydrogens is 379 g/mol. The first kappa shape index (κ1) is 20.0. The van der Waals surface area contributed by atoms with Gasteiger partial charge >= 0.3 is 6.18 Å². The van der Waals surface area contributed by atoms with Gasteiger partial charge in [-0.25, -0.2) is 0 Å². The Morgan fingerprint density at radius 2 is 1.66 bits per heavy atom. The van der Waals surface area contributed by atoms with E-state index in [1.807, 2.05) is 18.2 Å². The van der Waals surface area contributed by atoms with E-state index in [-0.39, 0.29) is 12.1 Å². The highest BCUT2D eigenvalue weighted by atomic mass is 19.4. The van der Waals surface area contributed by atoms with Crippen molar-refractivity contribution in [2.24, 2.45) is 0 Å². The fourth-order valence-electron chi connectivity index (χ4n) is 2.50. The molecule has 0 fully saturated rings. The van der Waals surface area contributed by atoms with Gasteiger partial charge in [-0.3, -0.25) is 4.79 Å². The molecule has 3 aromatic carbocycles. The smallest absolute Gasteiger partial charge is 0.416 e. The van der Waals surface area contributed by atoms with Crippen LogP contribution in [0.5, 0.6) is 11.5 Å². The van der Waals surface area contributed by atoms with Crippen LogP contribution in [-0.2, 0) is 6.18 Å². The number of alkyl halides is 3. The zero-order valence-electron chi connectivity index (χ0n) is 15.2. The average Bonchev–Trinajstić information content (AvgIpc) is 2.72. The summed E-state index contributed by atoms with van der Waals surface area (Å²) >= 11 is 0. The second-order valence-corrected chi connectivity index (χ2v) is 5.97. The summed E-state index contributed by atoms with van der Waals surface area (Å²) < 4.78 is 43.9. The van der Waals surface area contributed by atoms with Crippen LogP contribution in [0, 0.1) is 11.8 Å². The third-order valence-corrected chi connectivity index (χ3v) is 3.86. The topological polar surface area (TPSA) is 38.3 Å². The Hall–Kier alpha value is -3.72. The first-order chi connectivity index (χ1) is 13.9. The summed E-state index contributed by atoms with van der Waals surface area (Å²) in [5.41, 5.74) is -0.209. The highest BCUT2D eigenvalue weighted by Gasteiger charge is 2.30. The van der Waals surface area contributed by atoms with Crippen molar-refractivity contribution in [1.82, 2.24) is 5.32 Å². The minimum absolute atomic E-state index is 0.0191. The molecule has 0 aliphatic carbocycles. The van der Waals surface area contributed by atoms with E-state index in [4.69, 9.17) is 4.74 Å². The summed E-state index contributed by atoms with van der Waals surface area (Å²) in [5, 5.41) is 2.63. The average molecular weight is 395 g/mol. The van der Waals surface area contributed by atoms with E-state index in [0.717, 1.165) is 12.1 Å². The van der Waals surface area contributed by atoms with Gasteiger partial charge in [-0.1, -0.05) is 48.2 Å². The molecule has 29 heavy (non-hydrogen) atoms. The van der Waals surface area contributed by atoms with Gasteiger partial charge in [0.05, 0.1) is 17.7 Å². The lowest BCUT2D eigenvalue weighted by molar-refractivity contribution is -0.137. The first-order valence-electron chi connectivity index (χ1n) is 8.70. The summed E-state index contributed by atoms with van der Waals surface area (Å²) in [7, 11) is 0. The monoisotopic (exact) mass is 395 g/mol. The van der Waals surface area contributed by atoms with Crippen LogP contribution in [0.2, 0.25) is 0 Å². The Bertz CT molecular complexity index is 1050. The molecular formula is C23H16F3NO2. The molecule has 0 saturated carbocycles. The van der Waals surface area contributed by atoms with Crippen molar-refractivity contribution in [1.29, 1.82) is 0 Å². The third-order valence-electron chi connectivity index (χ3n) is 3.86. The van der Waals surface area contributed by atoms with Gasteiger partial charge in [0, 0.05) is 5.56 Å². The molecule has 0 bridgehead atoms. The van der Waals surface area contributed by atoms with Gasteiger partial charge in [0.25, 0.3) is 5.91 Å². The predicted octanol–water partition coefficient (Wildman–Crippen LogP) is 5.28. The fourth-order valence-corrected chi connectivity index (χ4v) is 2.50. The number of carbonyl (C=O) groups excluding carboxylic acids is 1. The van der Waals surface area contributed by atoms with Gasteiger partial charge in [-0.05, 0) is 42.5 Å². The van der Waals surface area contributed by atoms with Crippen molar-refractivity contribution in [2.75, 3.05) is 6.54 Å². The second-order valence-electron chi connectivity index (χ2n) is 5.97. The van der Waals surface area contributed by atoms with Crippen LogP contribution in [0.15, 0.2) is 78.9 Å². The molecule has 0 aliphatic heterocycles. The normalized spacial score (nSPS) is 10.6. The van der Waals surface area contributed by atoms with E-state index in [2.05, 4.69) is 17.2 Å². The highest BCUT2D eigenvalue weighted by molar-refractivity contribution is 5.97. The summed E-state index contributed by atoms with van der Waals surface area (Å²) in [6, 6.07) is 20.5. The lowest BCUT2D eigenvalue weighted by Gasteiger charge is -2.10. The number of halogens is 3. The van der Waals surface area contributed by atoms with Crippen molar-refractivity contribution >= 4 is 5.91 Å². The summed E-state index contributed by atoms with van der Waals surface area (Å²) in [4.78, 5) is 12.4. The van der Waals surface area contributed by atoms with Crippen LogP contribution in [0.3, 0.4) is 0 Å². The van der Waals surface area contributed by atoms with Gasteiger partial charge in [-0.15, -0.1) is 0 Å². The van der Waals surface area contributed by atoms with Crippen LogP contribution in [0.1, 0.15) is 21.5 Å². The molecule has 0 aromatic heterocycles. The lowest BCUT2D eigenvalue weighted by atomic mass is 10.1. The molecule has 0 atom stereocenters. The molecule has 0 unspecified atom stereocenters. The Balaban J connectivity index is 1.65. The SMILES string of the molecule is O=C(NCC#Cc1cccc(C(F)(F)F)c1)c1ccccc1Oc1ccccc1. The van der Waals surface area contributed by atoms with Crippen molar-refractivity contribution in [2.45, 2.75) is 6.18 Å². The van der Waals surface area contributed by atoms with Crippen molar-refractivity contribution in [3.05, 3.63) is 95.6 Å². The van der Waals surface area contributed by atoms with E-state index < -0.39 is 17.6 Å². The second kappa shape index (κ2) is 8.98. The fraction of sp³-hybridized carbons (Fsp3) is 0.0870. The largest absolute Gasteiger partial charge is 0.457 e. The number of hydrogen-bond donors (Lipinski definition) is 1. The molecule has 0 radical (unpaired) electrons. The van der Waals surface area contributed by atoms with Gasteiger partial charge in [0.1, 0.15) is 11.5 Å². The minimum atomic E-state index is -4.42. The number of amides is 1. The molecule has 0 aliphatic rings. The third kappa shape index (κ3) is 5.63. The number of para-hydroxylation sites is 2. The van der Waals surface area contributed by atoms with Gasteiger partial charge in [0.2, 0.25) is 0 Å². The van der Waals surface area contributed by atoms with E-state index in [9.17, 15) is 18.0 Å². The van der Waals surface area contributed by atoms with Gasteiger partial charge in [-0.2, -0.15) is 13.2 Å². The summed E-state index contributed by atoms with van der Waals surface area (Å²) in [6.45, 7) is -0.0191. The van der Waals surface area contributed by atoms with Crippen LogP contribution in [-0.4, -0.2) is 12.5 Å². The van der Waals surface area contributed by atoms with Crippen LogP contribution in [0.25, 0.3) is 0 Å². The molecule has 3 rings (SSSR count). The number of nitrogens with one attached hydrogen (secondary N) is 1. The van der Waals surface area contributed by atoms with Gasteiger partial charge in [0.15, 0.2) is 0 Å². The Morgan fingerprint density at radius 3 is 2.41 bits per heavy atom. The molecule has 0 saturated heterocycles. The van der Waals surface area contributed by atoms with E-state index in [1.54, 1.807) is 36.4 Å². The summed E-state index contributed by atoms with van der Waals surface area (Å²) in [5.74, 6) is 5.87. The molecule has 146 valence electrons. The quantitative estimate of drug-likeness (QED) is 0.611. The standard InChI is InChI=1S/C23H16F3NO2/c24-23(25,26)18-10-6-8-17(16-18)9-7-15-27-22(28)20-13-4-5-14-21(20)29-19-11-2-1-3-12-19/h1-6,8,10-14,16H,15H2,(H,27,28). The highest BCUT2D eigenvalue weighted by Crippen LogP contribution is 2.29. The number of hydrogen-bond acceptors (Lipinski definition) is 2. The van der Waals surface area contributed by atoms with E-state index >= 15 is 0 Å². The molecule has 6 heteroatoms. The molecule has 0 spiro atoms. The molecule has 0 heterocycles. The van der Waals surface area contributed by atoms with Crippen LogP contribution in [0.4, 0.5) is 13.2 Å². The maximum atomic E-state index is 12.7. The Morgan fingerprint density at radius 1 is 0.931 bits per heavy atom. The number of carbonyl (C=O) groups is 1. The van der Waals surface area contributed by atoms with Crippen molar-refractivity contribution < 1.29 is 22.7 Å². The van der Waals surface area contributed by atoms with Crippen LogP contribution >= 0.6 is 0 Å². The number of benzene rings is 3. The van der Waals surface area contributed by atoms with Crippen molar-refractivity contribution in [3.63, 3.8) is 0 Å².